The number of benzene rings is 1. The van der Waals surface area contributed by atoms with E-state index in [1.54, 1.807) is 25.1 Å². The molecule has 0 amide bonds. The van der Waals surface area contributed by atoms with Crippen LogP contribution in [0.2, 0.25) is 0 Å². The summed E-state index contributed by atoms with van der Waals surface area (Å²) in [4.78, 5) is 15.8. The van der Waals surface area contributed by atoms with Crippen molar-refractivity contribution in [3.63, 3.8) is 0 Å². The van der Waals surface area contributed by atoms with E-state index in [4.69, 9.17) is 9.47 Å². The number of aromatic nitrogens is 1. The van der Waals surface area contributed by atoms with Crippen molar-refractivity contribution in [3.05, 3.63) is 29.3 Å². The van der Waals surface area contributed by atoms with Gasteiger partial charge in [-0.1, -0.05) is 0 Å². The highest BCUT2D eigenvalue weighted by Gasteiger charge is 2.11. The van der Waals surface area contributed by atoms with Gasteiger partial charge in [-0.25, -0.2) is 4.98 Å². The first-order valence-electron chi connectivity index (χ1n) is 6.11. The highest BCUT2D eigenvalue weighted by atomic mass is 32.1. The van der Waals surface area contributed by atoms with Gasteiger partial charge in [-0.2, -0.15) is 0 Å². The maximum absolute atomic E-state index is 11.4. The van der Waals surface area contributed by atoms with Crippen LogP contribution >= 0.6 is 11.3 Å². The summed E-state index contributed by atoms with van der Waals surface area (Å²) in [6.45, 7) is 2.14. The molecule has 0 atom stereocenters. The van der Waals surface area contributed by atoms with Crippen molar-refractivity contribution >= 4 is 17.3 Å². The summed E-state index contributed by atoms with van der Waals surface area (Å²) >= 11 is 1.43. The Balaban J connectivity index is 2.18. The summed E-state index contributed by atoms with van der Waals surface area (Å²) in [5, 5.41) is 12.2. The molecule has 0 bridgehead atoms. The number of aromatic hydroxyl groups is 1. The molecule has 1 N–H and O–H groups in total. The fourth-order valence-electron chi connectivity index (χ4n) is 1.69. The van der Waals surface area contributed by atoms with Crippen LogP contribution < -0.4 is 4.74 Å². The third-order valence-electron chi connectivity index (χ3n) is 2.61. The van der Waals surface area contributed by atoms with Crippen LogP contribution in [-0.4, -0.2) is 29.8 Å². The lowest BCUT2D eigenvalue weighted by atomic mass is 10.2. The van der Waals surface area contributed by atoms with E-state index in [0.717, 1.165) is 10.6 Å². The second kappa shape index (κ2) is 6.38. The maximum atomic E-state index is 11.4. The number of carbonyl (C=O) groups excluding carboxylic acids is 1. The van der Waals surface area contributed by atoms with E-state index in [1.165, 1.54) is 18.4 Å². The van der Waals surface area contributed by atoms with E-state index < -0.39 is 0 Å². The Morgan fingerprint density at radius 2 is 2.25 bits per heavy atom. The van der Waals surface area contributed by atoms with Crippen molar-refractivity contribution < 1.29 is 19.4 Å². The molecular weight excluding hydrogens is 278 g/mol. The van der Waals surface area contributed by atoms with Gasteiger partial charge in [-0.15, -0.1) is 11.3 Å². The molecule has 2 rings (SSSR count). The molecule has 0 saturated heterocycles. The van der Waals surface area contributed by atoms with Gasteiger partial charge in [0.05, 0.1) is 25.8 Å². The van der Waals surface area contributed by atoms with Gasteiger partial charge in [0.15, 0.2) is 11.5 Å². The van der Waals surface area contributed by atoms with Gasteiger partial charge in [0.2, 0.25) is 0 Å². The van der Waals surface area contributed by atoms with E-state index in [2.05, 4.69) is 4.98 Å². The van der Waals surface area contributed by atoms with E-state index in [0.29, 0.717) is 18.1 Å². The second-order valence-corrected chi connectivity index (χ2v) is 4.87. The Bertz CT molecular complexity index is 609. The highest BCUT2D eigenvalue weighted by molar-refractivity contribution is 7.13. The number of hydrogen-bond acceptors (Lipinski definition) is 6. The number of methoxy groups -OCH3 is 1. The quantitative estimate of drug-likeness (QED) is 0.858. The summed E-state index contributed by atoms with van der Waals surface area (Å²) in [6, 6.07) is 5.02. The molecule has 1 aromatic carbocycles. The number of hydrogen-bond donors (Lipinski definition) is 1. The number of phenolic OH excluding ortho intramolecular Hbond substituents is 1. The van der Waals surface area contributed by atoms with E-state index >= 15 is 0 Å². The number of nitrogens with zero attached hydrogens (tertiary/aromatic N) is 1. The Morgan fingerprint density at radius 1 is 1.45 bits per heavy atom. The number of rotatable bonds is 5. The summed E-state index contributed by atoms with van der Waals surface area (Å²) in [7, 11) is 1.49. The zero-order chi connectivity index (χ0) is 14.5. The molecular formula is C14H15NO4S. The first kappa shape index (κ1) is 14.3. The lowest BCUT2D eigenvalue weighted by Crippen LogP contribution is -2.07. The van der Waals surface area contributed by atoms with Crippen LogP contribution in [0.3, 0.4) is 0 Å². The highest BCUT2D eigenvalue weighted by Crippen LogP contribution is 2.32. The summed E-state index contributed by atoms with van der Waals surface area (Å²) < 4.78 is 9.95. The maximum Gasteiger partial charge on any atom is 0.311 e. The van der Waals surface area contributed by atoms with E-state index in [9.17, 15) is 9.90 Å². The lowest BCUT2D eigenvalue weighted by Gasteiger charge is -2.04. The topological polar surface area (TPSA) is 68.7 Å². The van der Waals surface area contributed by atoms with Gasteiger partial charge in [-0.3, -0.25) is 4.79 Å². The van der Waals surface area contributed by atoms with Crippen LogP contribution in [0.4, 0.5) is 0 Å². The van der Waals surface area contributed by atoms with E-state index in [-0.39, 0.29) is 18.1 Å². The number of carbonyl (C=O) groups is 1. The molecule has 1 heterocycles. The van der Waals surface area contributed by atoms with Crippen LogP contribution in [0.25, 0.3) is 10.6 Å². The first-order chi connectivity index (χ1) is 9.63. The molecule has 2 aromatic rings. The number of thiazole rings is 1. The van der Waals surface area contributed by atoms with Crippen molar-refractivity contribution in [2.75, 3.05) is 13.7 Å². The Hall–Kier alpha value is -2.08. The summed E-state index contributed by atoms with van der Waals surface area (Å²) in [6.07, 6.45) is 0.166. The Labute approximate surface area is 120 Å². The van der Waals surface area contributed by atoms with Crippen molar-refractivity contribution in [2.45, 2.75) is 13.3 Å². The Morgan fingerprint density at radius 3 is 2.95 bits per heavy atom. The van der Waals surface area contributed by atoms with Gasteiger partial charge in [0.1, 0.15) is 5.01 Å². The van der Waals surface area contributed by atoms with Crippen molar-refractivity contribution in [1.29, 1.82) is 0 Å². The van der Waals surface area contributed by atoms with Crippen molar-refractivity contribution in [1.82, 2.24) is 4.98 Å². The summed E-state index contributed by atoms with van der Waals surface area (Å²) in [5.74, 6) is 0.192. The zero-order valence-electron chi connectivity index (χ0n) is 11.3. The fourth-order valence-corrected chi connectivity index (χ4v) is 2.51. The SMILES string of the molecule is CCOC(=O)Cc1csc(-c2ccc(O)c(OC)c2)n1. The summed E-state index contributed by atoms with van der Waals surface area (Å²) in [5.41, 5.74) is 1.51. The van der Waals surface area contributed by atoms with Gasteiger partial charge in [0, 0.05) is 10.9 Å². The predicted octanol–water partition coefficient (Wildman–Crippen LogP) is 2.63. The minimum atomic E-state index is -0.285. The van der Waals surface area contributed by atoms with Crippen LogP contribution in [0.15, 0.2) is 23.6 Å². The normalized spacial score (nSPS) is 10.3. The van der Waals surface area contributed by atoms with Gasteiger partial charge >= 0.3 is 5.97 Å². The molecule has 20 heavy (non-hydrogen) atoms. The molecule has 0 radical (unpaired) electrons. The Kier molecular flexibility index (Phi) is 4.57. The fraction of sp³-hybridized carbons (Fsp3) is 0.286. The molecule has 0 unspecified atom stereocenters. The standard InChI is InChI=1S/C14H15NO4S/c1-3-19-13(17)7-10-8-20-14(15-10)9-4-5-11(16)12(6-9)18-2/h4-6,8,16H,3,7H2,1-2H3. The van der Waals surface area contributed by atoms with Gasteiger partial charge in [0.25, 0.3) is 0 Å². The predicted molar refractivity (Wildman–Crippen MR) is 76.1 cm³/mol. The molecule has 0 saturated carbocycles. The minimum absolute atomic E-state index is 0.0829. The molecule has 106 valence electrons. The number of ether oxygens (including phenoxy) is 2. The smallest absolute Gasteiger partial charge is 0.311 e. The third-order valence-corrected chi connectivity index (χ3v) is 3.55. The van der Waals surface area contributed by atoms with Gasteiger partial charge in [-0.05, 0) is 25.1 Å². The van der Waals surface area contributed by atoms with Crippen LogP contribution in [0.1, 0.15) is 12.6 Å². The minimum Gasteiger partial charge on any atom is -0.504 e. The monoisotopic (exact) mass is 293 g/mol. The van der Waals surface area contributed by atoms with Crippen LogP contribution in [0, 0.1) is 0 Å². The number of phenols is 1. The van der Waals surface area contributed by atoms with Crippen molar-refractivity contribution in [2.24, 2.45) is 0 Å². The lowest BCUT2D eigenvalue weighted by molar-refractivity contribution is -0.142. The average molecular weight is 293 g/mol. The van der Waals surface area contributed by atoms with E-state index in [1.807, 2.05) is 5.38 Å². The second-order valence-electron chi connectivity index (χ2n) is 4.01. The molecule has 0 fully saturated rings. The van der Waals surface area contributed by atoms with Crippen molar-refractivity contribution in [3.8, 4) is 22.1 Å². The molecule has 0 aliphatic carbocycles. The third kappa shape index (κ3) is 3.27. The molecule has 0 aliphatic rings. The van der Waals surface area contributed by atoms with Gasteiger partial charge < -0.3 is 14.6 Å². The number of esters is 1. The zero-order valence-corrected chi connectivity index (χ0v) is 12.1. The molecule has 5 nitrogen and oxygen atoms in total. The molecule has 0 spiro atoms. The molecule has 6 heteroatoms. The van der Waals surface area contributed by atoms with Crippen LogP contribution in [0.5, 0.6) is 11.5 Å². The largest absolute Gasteiger partial charge is 0.504 e. The molecule has 0 aliphatic heterocycles. The molecule has 1 aromatic heterocycles. The average Bonchev–Trinajstić information content (AvgIpc) is 2.88. The first-order valence-corrected chi connectivity index (χ1v) is 6.99. The van der Waals surface area contributed by atoms with Crippen LogP contribution in [-0.2, 0) is 16.0 Å².